The molecular formula is C15H17ClN2OS. The van der Waals surface area contributed by atoms with E-state index in [4.69, 9.17) is 17.3 Å². The second-order valence-corrected chi connectivity index (χ2v) is 6.61. The first-order chi connectivity index (χ1) is 9.45. The molecule has 5 heteroatoms. The van der Waals surface area contributed by atoms with Gasteiger partial charge in [-0.05, 0) is 44.2 Å². The molecule has 0 bridgehead atoms. The predicted octanol–water partition coefficient (Wildman–Crippen LogP) is 3.65. The minimum atomic E-state index is -0.132. The van der Waals surface area contributed by atoms with E-state index < -0.39 is 0 Å². The van der Waals surface area contributed by atoms with Crippen molar-refractivity contribution in [2.75, 3.05) is 5.73 Å². The lowest BCUT2D eigenvalue weighted by atomic mass is 10.1. The van der Waals surface area contributed by atoms with Gasteiger partial charge < -0.3 is 11.1 Å². The van der Waals surface area contributed by atoms with E-state index in [-0.39, 0.29) is 11.9 Å². The van der Waals surface area contributed by atoms with Gasteiger partial charge in [0, 0.05) is 27.8 Å². The van der Waals surface area contributed by atoms with Gasteiger partial charge in [0.25, 0.3) is 5.91 Å². The van der Waals surface area contributed by atoms with Crippen LogP contribution >= 0.6 is 22.9 Å². The lowest BCUT2D eigenvalue weighted by molar-refractivity contribution is 0.0940. The van der Waals surface area contributed by atoms with Gasteiger partial charge in [-0.3, -0.25) is 4.79 Å². The summed E-state index contributed by atoms with van der Waals surface area (Å²) >= 11 is 7.68. The number of halogens is 1. The van der Waals surface area contributed by atoms with Gasteiger partial charge >= 0.3 is 0 Å². The van der Waals surface area contributed by atoms with Gasteiger partial charge in [-0.1, -0.05) is 11.6 Å². The largest absolute Gasteiger partial charge is 0.398 e. The van der Waals surface area contributed by atoms with Crippen LogP contribution in [0.15, 0.2) is 30.3 Å². The van der Waals surface area contributed by atoms with Gasteiger partial charge in [0.05, 0.1) is 10.7 Å². The Balaban J connectivity index is 1.98. The van der Waals surface area contributed by atoms with Crippen LogP contribution in [0.25, 0.3) is 0 Å². The van der Waals surface area contributed by atoms with Crippen LogP contribution in [0.1, 0.15) is 27.0 Å². The molecule has 106 valence electrons. The number of benzene rings is 1. The molecule has 0 fully saturated rings. The summed E-state index contributed by atoms with van der Waals surface area (Å²) in [5.74, 6) is -0.132. The molecule has 1 atom stereocenters. The number of nitrogen functional groups attached to an aromatic ring is 1. The molecule has 0 spiro atoms. The fourth-order valence-corrected chi connectivity index (χ4v) is 3.12. The minimum absolute atomic E-state index is 0.0666. The summed E-state index contributed by atoms with van der Waals surface area (Å²) in [4.78, 5) is 14.7. The highest BCUT2D eigenvalue weighted by atomic mass is 35.5. The SMILES string of the molecule is Cc1ccc(CC(C)NC(=O)c2ccc(N)c(Cl)c2)s1. The van der Waals surface area contributed by atoms with Crippen molar-refractivity contribution in [3.05, 3.63) is 50.7 Å². The Labute approximate surface area is 127 Å². The zero-order valence-electron chi connectivity index (χ0n) is 11.4. The molecule has 1 heterocycles. The number of amides is 1. The van der Waals surface area contributed by atoms with Crippen molar-refractivity contribution < 1.29 is 4.79 Å². The van der Waals surface area contributed by atoms with Gasteiger partial charge in [-0.25, -0.2) is 0 Å². The third kappa shape index (κ3) is 3.74. The first-order valence-corrected chi connectivity index (χ1v) is 7.56. The molecule has 1 unspecified atom stereocenters. The zero-order chi connectivity index (χ0) is 14.7. The van der Waals surface area contributed by atoms with E-state index >= 15 is 0 Å². The summed E-state index contributed by atoms with van der Waals surface area (Å²) in [7, 11) is 0. The smallest absolute Gasteiger partial charge is 0.251 e. The number of rotatable bonds is 4. The Morgan fingerprint density at radius 3 is 2.75 bits per heavy atom. The summed E-state index contributed by atoms with van der Waals surface area (Å²) in [6, 6.07) is 9.17. The monoisotopic (exact) mass is 308 g/mol. The third-order valence-electron chi connectivity index (χ3n) is 2.94. The van der Waals surface area contributed by atoms with Crippen molar-refractivity contribution in [3.63, 3.8) is 0 Å². The fourth-order valence-electron chi connectivity index (χ4n) is 1.92. The number of aryl methyl sites for hydroxylation is 1. The molecule has 20 heavy (non-hydrogen) atoms. The molecule has 1 aromatic heterocycles. The zero-order valence-corrected chi connectivity index (χ0v) is 13.0. The fraction of sp³-hybridized carbons (Fsp3) is 0.267. The van der Waals surface area contributed by atoms with E-state index in [9.17, 15) is 4.79 Å². The molecule has 1 aromatic carbocycles. The number of hydrogen-bond acceptors (Lipinski definition) is 3. The molecule has 3 N–H and O–H groups in total. The summed E-state index contributed by atoms with van der Waals surface area (Å²) in [6.07, 6.45) is 0.826. The van der Waals surface area contributed by atoms with E-state index in [1.165, 1.54) is 9.75 Å². The van der Waals surface area contributed by atoms with E-state index in [0.717, 1.165) is 6.42 Å². The Morgan fingerprint density at radius 1 is 1.40 bits per heavy atom. The Kier molecular flexibility index (Phi) is 4.68. The Hall–Kier alpha value is -1.52. The number of carbonyl (C=O) groups is 1. The normalized spacial score (nSPS) is 12.2. The molecule has 0 radical (unpaired) electrons. The van der Waals surface area contributed by atoms with Crippen molar-refractivity contribution in [1.29, 1.82) is 0 Å². The molecule has 2 aromatic rings. The van der Waals surface area contributed by atoms with Gasteiger partial charge in [0.1, 0.15) is 0 Å². The van der Waals surface area contributed by atoms with Crippen LogP contribution in [0.4, 0.5) is 5.69 Å². The highest BCUT2D eigenvalue weighted by Crippen LogP contribution is 2.20. The maximum atomic E-state index is 12.1. The topological polar surface area (TPSA) is 55.1 Å². The second kappa shape index (κ2) is 6.29. The van der Waals surface area contributed by atoms with Crippen molar-refractivity contribution in [2.45, 2.75) is 26.3 Å². The number of carbonyl (C=O) groups excluding carboxylic acids is 1. The van der Waals surface area contributed by atoms with Crippen molar-refractivity contribution in [2.24, 2.45) is 0 Å². The summed E-state index contributed by atoms with van der Waals surface area (Å²) in [6.45, 7) is 4.07. The van der Waals surface area contributed by atoms with Gasteiger partial charge in [-0.15, -0.1) is 11.3 Å². The van der Waals surface area contributed by atoms with Gasteiger partial charge in [-0.2, -0.15) is 0 Å². The molecule has 3 nitrogen and oxygen atoms in total. The number of nitrogens with one attached hydrogen (secondary N) is 1. The first kappa shape index (κ1) is 14.9. The Bertz CT molecular complexity index is 624. The molecule has 0 aliphatic rings. The number of hydrogen-bond donors (Lipinski definition) is 2. The van der Waals surface area contributed by atoms with Crippen molar-refractivity contribution in [1.82, 2.24) is 5.32 Å². The molecule has 0 saturated heterocycles. The van der Waals surface area contributed by atoms with Crippen LogP contribution in [0, 0.1) is 6.92 Å². The average molecular weight is 309 g/mol. The van der Waals surface area contributed by atoms with Crippen molar-refractivity contribution >= 4 is 34.5 Å². The van der Waals surface area contributed by atoms with E-state index in [1.54, 1.807) is 29.5 Å². The molecule has 0 aliphatic carbocycles. The predicted molar refractivity (Wildman–Crippen MR) is 85.6 cm³/mol. The second-order valence-electron chi connectivity index (χ2n) is 4.83. The molecule has 1 amide bonds. The lowest BCUT2D eigenvalue weighted by Crippen LogP contribution is -2.33. The highest BCUT2D eigenvalue weighted by Gasteiger charge is 2.12. The third-order valence-corrected chi connectivity index (χ3v) is 4.29. The summed E-state index contributed by atoms with van der Waals surface area (Å²) in [5, 5.41) is 3.37. The van der Waals surface area contributed by atoms with Crippen molar-refractivity contribution in [3.8, 4) is 0 Å². The number of thiophene rings is 1. The van der Waals surface area contributed by atoms with Gasteiger partial charge in [0.15, 0.2) is 0 Å². The standard InChI is InChI=1S/C15H17ClN2OS/c1-9(7-12-5-3-10(2)20-12)18-15(19)11-4-6-14(17)13(16)8-11/h3-6,8-9H,7,17H2,1-2H3,(H,18,19). The van der Waals surface area contributed by atoms with Crippen LogP contribution in [0.2, 0.25) is 5.02 Å². The molecule has 2 rings (SSSR count). The summed E-state index contributed by atoms with van der Waals surface area (Å²) in [5.41, 5.74) is 6.64. The van der Waals surface area contributed by atoms with E-state index in [0.29, 0.717) is 16.3 Å². The number of nitrogens with two attached hydrogens (primary N) is 1. The van der Waals surface area contributed by atoms with Crippen LogP contribution < -0.4 is 11.1 Å². The quantitative estimate of drug-likeness (QED) is 0.847. The van der Waals surface area contributed by atoms with Crippen LogP contribution in [0.5, 0.6) is 0 Å². The maximum Gasteiger partial charge on any atom is 0.251 e. The van der Waals surface area contributed by atoms with Crippen LogP contribution in [-0.2, 0) is 6.42 Å². The van der Waals surface area contributed by atoms with Crippen LogP contribution in [0.3, 0.4) is 0 Å². The maximum absolute atomic E-state index is 12.1. The highest BCUT2D eigenvalue weighted by molar-refractivity contribution is 7.11. The van der Waals surface area contributed by atoms with Crippen LogP contribution in [-0.4, -0.2) is 11.9 Å². The first-order valence-electron chi connectivity index (χ1n) is 6.37. The van der Waals surface area contributed by atoms with E-state index in [2.05, 4.69) is 24.4 Å². The molecular weight excluding hydrogens is 292 g/mol. The Morgan fingerprint density at radius 2 is 2.15 bits per heavy atom. The summed E-state index contributed by atoms with van der Waals surface area (Å²) < 4.78 is 0. The number of anilines is 1. The minimum Gasteiger partial charge on any atom is -0.398 e. The molecule has 0 saturated carbocycles. The van der Waals surface area contributed by atoms with Gasteiger partial charge in [0.2, 0.25) is 0 Å². The lowest BCUT2D eigenvalue weighted by Gasteiger charge is -2.13. The molecule has 0 aliphatic heterocycles. The van der Waals surface area contributed by atoms with E-state index in [1.807, 2.05) is 6.92 Å². The average Bonchev–Trinajstić information content (AvgIpc) is 2.77.